The molecule has 3 heteroatoms. The van der Waals surface area contributed by atoms with Crippen molar-refractivity contribution in [3.63, 3.8) is 0 Å². The minimum atomic E-state index is 0.188. The van der Waals surface area contributed by atoms with Gasteiger partial charge in [-0.2, -0.15) is 0 Å². The van der Waals surface area contributed by atoms with E-state index in [2.05, 4.69) is 25.7 Å². The highest BCUT2D eigenvalue weighted by Crippen LogP contribution is 2.52. The number of benzene rings is 1. The molecule has 1 fully saturated rings. The summed E-state index contributed by atoms with van der Waals surface area (Å²) in [5.41, 5.74) is 7.61. The average Bonchev–Trinajstić information content (AvgIpc) is 3.06. The van der Waals surface area contributed by atoms with E-state index in [1.54, 1.807) is 0 Å². The van der Waals surface area contributed by atoms with Gasteiger partial charge in [-0.05, 0) is 29.5 Å². The highest BCUT2D eigenvalue weighted by molar-refractivity contribution is 5.82. The molecule has 1 aliphatic carbocycles. The van der Waals surface area contributed by atoms with Crippen LogP contribution in [0.2, 0.25) is 0 Å². The first kappa shape index (κ1) is 14.6. The Balaban J connectivity index is 1.94. The van der Waals surface area contributed by atoms with E-state index in [4.69, 9.17) is 5.73 Å². The molecule has 0 heterocycles. The number of carbonyl (C=O) groups is 1. The summed E-state index contributed by atoms with van der Waals surface area (Å²) in [6.45, 7) is 5.31. The third-order valence-electron chi connectivity index (χ3n) is 3.90. The van der Waals surface area contributed by atoms with Gasteiger partial charge in [-0.3, -0.25) is 4.79 Å². The van der Waals surface area contributed by atoms with Crippen LogP contribution in [0.3, 0.4) is 0 Å². The van der Waals surface area contributed by atoms with Crippen molar-refractivity contribution in [1.29, 1.82) is 0 Å². The number of carbonyl (C=O) groups excluding carboxylic acids is 1. The predicted molar refractivity (Wildman–Crippen MR) is 80.7 cm³/mol. The number of hydrogen-bond acceptors (Lipinski definition) is 2. The van der Waals surface area contributed by atoms with Crippen molar-refractivity contribution in [2.24, 2.45) is 17.1 Å². The molecule has 0 radical (unpaired) electrons. The topological polar surface area (TPSA) is 46.3 Å². The van der Waals surface area contributed by atoms with Crippen LogP contribution in [0.1, 0.15) is 31.4 Å². The summed E-state index contributed by atoms with van der Waals surface area (Å²) in [6.07, 6.45) is 1.00. The first-order valence-electron chi connectivity index (χ1n) is 6.97. The quantitative estimate of drug-likeness (QED) is 0.854. The van der Waals surface area contributed by atoms with Crippen molar-refractivity contribution in [2.75, 3.05) is 13.6 Å². The monoisotopic (exact) mass is 270 g/mol. The number of nitrogens with zero attached hydrogens (tertiary/aromatic N) is 1. The van der Waals surface area contributed by atoms with Crippen molar-refractivity contribution in [1.82, 2.24) is 4.90 Å². The van der Waals surface area contributed by atoms with Crippen molar-refractivity contribution in [2.45, 2.75) is 26.8 Å². The van der Waals surface area contributed by atoms with Crippen LogP contribution in [-0.2, 0) is 11.3 Å². The average molecular weight is 270 g/mol. The van der Waals surface area contributed by atoms with Gasteiger partial charge in [-0.25, -0.2) is 0 Å². The van der Waals surface area contributed by atoms with E-state index in [1.165, 1.54) is 0 Å². The fraction of sp³-hybridized carbons (Fsp3) is 0.471. The van der Waals surface area contributed by atoms with Crippen molar-refractivity contribution in [3.05, 3.63) is 35.4 Å². The molecule has 1 aromatic rings. The number of nitrogens with two attached hydrogens (primary N) is 1. The minimum absolute atomic E-state index is 0.188. The Labute approximate surface area is 121 Å². The lowest BCUT2D eigenvalue weighted by molar-refractivity contribution is -0.132. The second-order valence-electron chi connectivity index (χ2n) is 6.14. The van der Waals surface area contributed by atoms with Gasteiger partial charge in [0.25, 0.3) is 0 Å². The number of rotatable bonds is 3. The van der Waals surface area contributed by atoms with Crippen LogP contribution >= 0.6 is 0 Å². The molecule has 106 valence electrons. The highest BCUT2D eigenvalue weighted by atomic mass is 16.2. The van der Waals surface area contributed by atoms with Gasteiger partial charge in [0.2, 0.25) is 5.91 Å². The molecule has 2 rings (SSSR count). The van der Waals surface area contributed by atoms with Crippen LogP contribution in [-0.4, -0.2) is 24.4 Å². The van der Waals surface area contributed by atoms with Gasteiger partial charge in [0, 0.05) is 25.1 Å². The Morgan fingerprint density at radius 3 is 2.50 bits per heavy atom. The van der Waals surface area contributed by atoms with E-state index >= 15 is 0 Å². The molecule has 0 spiro atoms. The van der Waals surface area contributed by atoms with Crippen LogP contribution in [0, 0.1) is 23.2 Å². The second-order valence-corrected chi connectivity index (χ2v) is 6.14. The number of amides is 1. The molecule has 0 aromatic heterocycles. The molecule has 2 N–H and O–H groups in total. The Kier molecular flexibility index (Phi) is 4.15. The Morgan fingerprint density at radius 1 is 1.40 bits per heavy atom. The zero-order valence-electron chi connectivity index (χ0n) is 12.4. The summed E-state index contributed by atoms with van der Waals surface area (Å²) in [6, 6.07) is 7.97. The van der Waals surface area contributed by atoms with Gasteiger partial charge in [0.1, 0.15) is 0 Å². The molecule has 1 aromatic carbocycles. The van der Waals surface area contributed by atoms with Crippen LogP contribution in [0.4, 0.5) is 0 Å². The van der Waals surface area contributed by atoms with Gasteiger partial charge in [0.15, 0.2) is 0 Å². The van der Waals surface area contributed by atoms with Gasteiger partial charge < -0.3 is 10.6 Å². The SMILES string of the molecule is CN(Cc1ccc(C#CCN)cc1)C(=O)C1CC1(C)C. The van der Waals surface area contributed by atoms with Gasteiger partial charge >= 0.3 is 0 Å². The van der Waals surface area contributed by atoms with Crippen LogP contribution < -0.4 is 5.73 Å². The summed E-state index contributed by atoms with van der Waals surface area (Å²) < 4.78 is 0. The van der Waals surface area contributed by atoms with Crippen molar-refractivity contribution in [3.8, 4) is 11.8 Å². The zero-order chi connectivity index (χ0) is 14.8. The minimum Gasteiger partial charge on any atom is -0.341 e. The second kappa shape index (κ2) is 5.68. The van der Waals surface area contributed by atoms with Crippen molar-refractivity contribution < 1.29 is 4.79 Å². The molecule has 0 aliphatic heterocycles. The van der Waals surface area contributed by atoms with E-state index in [9.17, 15) is 4.79 Å². The van der Waals surface area contributed by atoms with Crippen molar-refractivity contribution >= 4 is 5.91 Å². The van der Waals surface area contributed by atoms with Crippen LogP contribution in [0.25, 0.3) is 0 Å². The smallest absolute Gasteiger partial charge is 0.226 e. The van der Waals surface area contributed by atoms with E-state index in [0.717, 1.165) is 17.5 Å². The largest absolute Gasteiger partial charge is 0.341 e. The Bertz CT molecular complexity index is 549. The maximum absolute atomic E-state index is 12.2. The van der Waals surface area contributed by atoms with Gasteiger partial charge in [-0.1, -0.05) is 37.8 Å². The Morgan fingerprint density at radius 2 is 2.00 bits per heavy atom. The standard InChI is InChI=1S/C17H22N2O/c1-17(2)11-15(17)16(20)19(3)12-14-8-6-13(7-9-14)5-4-10-18/h6-9,15H,10-12,18H2,1-3H3. The maximum Gasteiger partial charge on any atom is 0.226 e. The zero-order valence-corrected chi connectivity index (χ0v) is 12.4. The molecule has 1 saturated carbocycles. The molecule has 1 atom stereocenters. The summed E-state index contributed by atoms with van der Waals surface area (Å²) >= 11 is 0. The molecule has 0 saturated heterocycles. The molecular formula is C17H22N2O. The van der Waals surface area contributed by atoms with Crippen LogP contribution in [0.15, 0.2) is 24.3 Å². The first-order chi connectivity index (χ1) is 9.44. The summed E-state index contributed by atoms with van der Waals surface area (Å²) in [5.74, 6) is 6.27. The predicted octanol–water partition coefficient (Wildman–Crippen LogP) is 2.00. The highest BCUT2D eigenvalue weighted by Gasteiger charge is 2.51. The summed E-state index contributed by atoms with van der Waals surface area (Å²) in [5, 5.41) is 0. The molecule has 20 heavy (non-hydrogen) atoms. The summed E-state index contributed by atoms with van der Waals surface area (Å²) in [4.78, 5) is 14.0. The maximum atomic E-state index is 12.2. The number of hydrogen-bond donors (Lipinski definition) is 1. The molecule has 3 nitrogen and oxygen atoms in total. The van der Waals surface area contributed by atoms with Gasteiger partial charge in [-0.15, -0.1) is 0 Å². The van der Waals surface area contributed by atoms with E-state index in [0.29, 0.717) is 13.1 Å². The molecular weight excluding hydrogens is 248 g/mol. The van der Waals surface area contributed by atoms with Gasteiger partial charge in [0.05, 0.1) is 6.54 Å². The third-order valence-corrected chi connectivity index (χ3v) is 3.90. The fourth-order valence-corrected chi connectivity index (χ4v) is 2.35. The molecule has 1 unspecified atom stereocenters. The summed E-state index contributed by atoms with van der Waals surface area (Å²) in [7, 11) is 1.87. The van der Waals surface area contributed by atoms with Crippen LogP contribution in [0.5, 0.6) is 0 Å². The Hall–Kier alpha value is -1.79. The van der Waals surface area contributed by atoms with E-state index < -0.39 is 0 Å². The molecule has 0 bridgehead atoms. The molecule has 1 aliphatic rings. The lowest BCUT2D eigenvalue weighted by Crippen LogP contribution is -2.28. The first-order valence-corrected chi connectivity index (χ1v) is 6.97. The lowest BCUT2D eigenvalue weighted by Gasteiger charge is -2.18. The third kappa shape index (κ3) is 3.40. The van der Waals surface area contributed by atoms with E-state index in [1.807, 2.05) is 36.2 Å². The van der Waals surface area contributed by atoms with E-state index in [-0.39, 0.29) is 17.2 Å². The fourth-order valence-electron chi connectivity index (χ4n) is 2.35. The lowest BCUT2D eigenvalue weighted by atomic mass is 10.1. The molecule has 1 amide bonds. The normalized spacial score (nSPS) is 18.9.